The number of aromatic amines is 1. The molecule has 2 aromatic rings. The number of nitrogens with zero attached hydrogens (tertiary/aromatic N) is 1. The van der Waals surface area contributed by atoms with Gasteiger partial charge < -0.3 is 14.6 Å². The summed E-state index contributed by atoms with van der Waals surface area (Å²) in [5.74, 6) is -0.0680. The number of ketones is 1. The van der Waals surface area contributed by atoms with Crippen molar-refractivity contribution in [1.29, 1.82) is 0 Å². The predicted octanol–water partition coefficient (Wildman–Crippen LogP) is 2.44. The zero-order valence-corrected chi connectivity index (χ0v) is 13.2. The second kappa shape index (κ2) is 5.20. The van der Waals surface area contributed by atoms with Crippen molar-refractivity contribution in [2.45, 2.75) is 31.8 Å². The van der Waals surface area contributed by atoms with Crippen molar-refractivity contribution in [1.82, 2.24) is 9.88 Å². The van der Waals surface area contributed by atoms with Crippen molar-refractivity contribution in [3.8, 4) is 0 Å². The highest BCUT2D eigenvalue weighted by Crippen LogP contribution is 2.33. The van der Waals surface area contributed by atoms with E-state index in [1.165, 1.54) is 0 Å². The van der Waals surface area contributed by atoms with Gasteiger partial charge in [0.15, 0.2) is 5.78 Å². The molecule has 5 heteroatoms. The maximum absolute atomic E-state index is 12.7. The van der Waals surface area contributed by atoms with E-state index in [0.717, 1.165) is 29.3 Å². The molecular weight excluding hydrogens is 292 g/mol. The van der Waals surface area contributed by atoms with Crippen LogP contribution in [0, 0.1) is 6.92 Å². The molecule has 1 aromatic carbocycles. The van der Waals surface area contributed by atoms with Gasteiger partial charge in [-0.05, 0) is 37.5 Å². The fourth-order valence-corrected chi connectivity index (χ4v) is 3.67. The highest BCUT2D eigenvalue weighted by molar-refractivity contribution is 6.01. The Hall–Kier alpha value is -2.14. The smallest absolute Gasteiger partial charge is 0.270 e. The molecule has 1 spiro atoms. The maximum atomic E-state index is 12.7. The number of piperidine rings is 1. The average Bonchev–Trinajstić information content (AvgIpc) is 3.16. The highest BCUT2D eigenvalue weighted by atomic mass is 16.5. The topological polar surface area (TPSA) is 62.4 Å². The van der Waals surface area contributed by atoms with Gasteiger partial charge in [0.2, 0.25) is 0 Å². The lowest BCUT2D eigenvalue weighted by atomic mass is 9.87. The Morgan fingerprint density at radius 2 is 2.17 bits per heavy atom. The van der Waals surface area contributed by atoms with E-state index in [9.17, 15) is 9.59 Å². The molecule has 0 radical (unpaired) electrons. The number of nitrogens with one attached hydrogen (secondary N) is 1. The van der Waals surface area contributed by atoms with Crippen LogP contribution in [0.15, 0.2) is 24.3 Å². The van der Waals surface area contributed by atoms with Gasteiger partial charge in [0.05, 0.1) is 6.54 Å². The predicted molar refractivity (Wildman–Crippen MR) is 86.5 cm³/mol. The molecule has 2 saturated heterocycles. The van der Waals surface area contributed by atoms with Crippen LogP contribution >= 0.6 is 0 Å². The fraction of sp³-hybridized carbons (Fsp3) is 0.444. The number of fused-ring (bicyclic) bond motifs is 1. The van der Waals surface area contributed by atoms with E-state index in [-0.39, 0.29) is 18.2 Å². The first-order valence-electron chi connectivity index (χ1n) is 8.13. The van der Waals surface area contributed by atoms with Gasteiger partial charge in [0.25, 0.3) is 5.91 Å². The third kappa shape index (κ3) is 2.36. The molecule has 120 valence electrons. The second-order valence-corrected chi connectivity index (χ2v) is 6.62. The van der Waals surface area contributed by atoms with Crippen molar-refractivity contribution in [2.75, 3.05) is 19.7 Å². The quantitative estimate of drug-likeness (QED) is 0.880. The van der Waals surface area contributed by atoms with Crippen LogP contribution in [0.1, 0.15) is 35.3 Å². The molecule has 4 rings (SSSR count). The summed E-state index contributed by atoms with van der Waals surface area (Å²) in [5.41, 5.74) is 2.02. The standard InChI is InChI=1S/C18H20N2O3/c1-12-3-4-13-10-15(19-14(13)9-12)17(22)20-7-6-18(16(21)11-20)5-2-8-23-18/h3-4,9-10,19H,2,5-8,11H2,1H3/t18-/m1/s1. The summed E-state index contributed by atoms with van der Waals surface area (Å²) in [6, 6.07) is 7.91. The fourth-order valence-electron chi connectivity index (χ4n) is 3.67. The first-order chi connectivity index (χ1) is 11.1. The van der Waals surface area contributed by atoms with E-state index < -0.39 is 5.60 Å². The van der Waals surface area contributed by atoms with Gasteiger partial charge in [-0.15, -0.1) is 0 Å². The minimum atomic E-state index is -0.617. The molecular formula is C18H20N2O3. The average molecular weight is 312 g/mol. The Labute approximate surface area is 134 Å². The molecule has 0 saturated carbocycles. The van der Waals surface area contributed by atoms with E-state index in [1.807, 2.05) is 31.2 Å². The second-order valence-electron chi connectivity index (χ2n) is 6.62. The Kier molecular flexibility index (Phi) is 3.27. The molecule has 5 nitrogen and oxygen atoms in total. The summed E-state index contributed by atoms with van der Waals surface area (Å²) < 4.78 is 5.69. The number of carbonyl (C=O) groups is 2. The number of benzene rings is 1. The zero-order chi connectivity index (χ0) is 16.0. The van der Waals surface area contributed by atoms with Gasteiger partial charge in [-0.1, -0.05) is 12.1 Å². The summed E-state index contributed by atoms with van der Waals surface area (Å²) in [4.78, 5) is 30.0. The first kappa shape index (κ1) is 14.5. The molecule has 1 N–H and O–H groups in total. The van der Waals surface area contributed by atoms with Crippen molar-refractivity contribution in [3.63, 3.8) is 0 Å². The van der Waals surface area contributed by atoms with Gasteiger partial charge in [-0.3, -0.25) is 9.59 Å². The van der Waals surface area contributed by atoms with Crippen molar-refractivity contribution >= 4 is 22.6 Å². The summed E-state index contributed by atoms with van der Waals surface area (Å²) in [6.45, 7) is 3.39. The molecule has 2 aliphatic heterocycles. The Morgan fingerprint density at radius 1 is 1.30 bits per heavy atom. The maximum Gasteiger partial charge on any atom is 0.270 e. The molecule has 1 amide bonds. The Bertz CT molecular complexity index is 787. The number of carbonyl (C=O) groups excluding carboxylic acids is 2. The Balaban J connectivity index is 1.55. The van der Waals surface area contributed by atoms with Crippen LogP contribution in [-0.2, 0) is 9.53 Å². The number of aryl methyl sites for hydroxylation is 1. The summed E-state index contributed by atoms with van der Waals surface area (Å²) in [7, 11) is 0. The molecule has 2 fully saturated rings. The molecule has 0 bridgehead atoms. The number of aromatic nitrogens is 1. The summed E-state index contributed by atoms with van der Waals surface area (Å²) in [6.07, 6.45) is 2.33. The minimum Gasteiger partial charge on any atom is -0.367 e. The molecule has 1 aromatic heterocycles. The van der Waals surface area contributed by atoms with Gasteiger partial charge in [-0.25, -0.2) is 0 Å². The number of likely N-dealkylation sites (tertiary alicyclic amines) is 1. The van der Waals surface area contributed by atoms with Gasteiger partial charge in [0, 0.05) is 30.5 Å². The lowest BCUT2D eigenvalue weighted by Crippen LogP contribution is -2.53. The van der Waals surface area contributed by atoms with E-state index in [1.54, 1.807) is 4.90 Å². The van der Waals surface area contributed by atoms with Crippen LogP contribution in [0.4, 0.5) is 0 Å². The molecule has 1 atom stereocenters. The molecule has 0 aliphatic carbocycles. The molecule has 0 unspecified atom stereocenters. The molecule has 3 heterocycles. The summed E-state index contributed by atoms with van der Waals surface area (Å²) in [5, 5.41) is 1.01. The van der Waals surface area contributed by atoms with Crippen LogP contribution in [0.2, 0.25) is 0 Å². The van der Waals surface area contributed by atoms with Crippen LogP contribution in [0.3, 0.4) is 0 Å². The number of amides is 1. The highest BCUT2D eigenvalue weighted by Gasteiger charge is 2.46. The summed E-state index contributed by atoms with van der Waals surface area (Å²) >= 11 is 0. The minimum absolute atomic E-state index is 0.0431. The van der Waals surface area contributed by atoms with Gasteiger partial charge >= 0.3 is 0 Å². The number of H-pyrrole nitrogens is 1. The normalized spacial score (nSPS) is 24.7. The van der Waals surface area contributed by atoms with Crippen molar-refractivity contribution in [3.05, 3.63) is 35.5 Å². The van der Waals surface area contributed by atoms with E-state index in [2.05, 4.69) is 4.98 Å². The number of Topliss-reactive ketones (excluding diaryl/α,β-unsaturated/α-hetero) is 1. The largest absolute Gasteiger partial charge is 0.367 e. The lowest BCUT2D eigenvalue weighted by Gasteiger charge is -2.36. The van der Waals surface area contributed by atoms with Crippen LogP contribution < -0.4 is 0 Å². The third-order valence-electron chi connectivity index (χ3n) is 5.03. The van der Waals surface area contributed by atoms with Gasteiger partial charge in [0.1, 0.15) is 11.3 Å². The van der Waals surface area contributed by atoms with Gasteiger partial charge in [-0.2, -0.15) is 0 Å². The number of rotatable bonds is 1. The zero-order valence-electron chi connectivity index (χ0n) is 13.2. The van der Waals surface area contributed by atoms with Crippen molar-refractivity contribution in [2.24, 2.45) is 0 Å². The number of hydrogen-bond acceptors (Lipinski definition) is 3. The van der Waals surface area contributed by atoms with Crippen LogP contribution in [0.25, 0.3) is 10.9 Å². The monoisotopic (exact) mass is 312 g/mol. The Morgan fingerprint density at radius 3 is 2.91 bits per heavy atom. The third-order valence-corrected chi connectivity index (χ3v) is 5.03. The number of ether oxygens (including phenoxy) is 1. The molecule has 2 aliphatic rings. The van der Waals surface area contributed by atoms with Crippen LogP contribution in [-0.4, -0.2) is 46.9 Å². The number of hydrogen-bond donors (Lipinski definition) is 1. The van der Waals surface area contributed by atoms with E-state index in [4.69, 9.17) is 4.74 Å². The lowest BCUT2D eigenvalue weighted by molar-refractivity contribution is -0.144. The van der Waals surface area contributed by atoms with Crippen molar-refractivity contribution < 1.29 is 14.3 Å². The first-order valence-corrected chi connectivity index (χ1v) is 8.13. The van der Waals surface area contributed by atoms with Crippen LogP contribution in [0.5, 0.6) is 0 Å². The SMILES string of the molecule is Cc1ccc2cc(C(=O)N3CC[C@]4(CCCO4)C(=O)C3)[nH]c2c1. The van der Waals surface area contributed by atoms with E-state index >= 15 is 0 Å². The van der Waals surface area contributed by atoms with E-state index in [0.29, 0.717) is 25.3 Å². The molecule has 23 heavy (non-hydrogen) atoms.